The topological polar surface area (TPSA) is 74.7 Å². The summed E-state index contributed by atoms with van der Waals surface area (Å²) in [6.45, 7) is 0.924. The summed E-state index contributed by atoms with van der Waals surface area (Å²) in [7, 11) is -4.10. The predicted molar refractivity (Wildman–Crippen MR) is 122 cm³/mol. The molecule has 0 radical (unpaired) electrons. The van der Waals surface area contributed by atoms with Crippen molar-refractivity contribution in [3.05, 3.63) is 54.1 Å². The first kappa shape index (κ1) is 24.7. The van der Waals surface area contributed by atoms with Gasteiger partial charge in [-0.1, -0.05) is 36.4 Å². The number of sulfone groups is 1. The molecule has 0 atom stereocenters. The SMILES string of the molecule is O=C(O)C1(S(=O)(=O)c2ccc(-c3ccc(CCCC(F)(F)F)cc3)cc2)CCN(C2CC2)CC1. The van der Waals surface area contributed by atoms with Crippen molar-refractivity contribution in [1.29, 1.82) is 0 Å². The molecule has 1 aliphatic carbocycles. The van der Waals surface area contributed by atoms with Crippen LogP contribution < -0.4 is 0 Å². The molecule has 0 unspecified atom stereocenters. The number of aryl methyl sites for hydroxylation is 1. The molecule has 1 aliphatic heterocycles. The van der Waals surface area contributed by atoms with Crippen LogP contribution in [-0.2, 0) is 21.1 Å². The number of carboxylic acid groups (broad SMARTS) is 1. The number of hydrogen-bond acceptors (Lipinski definition) is 4. The fourth-order valence-corrected chi connectivity index (χ4v) is 6.59. The number of benzene rings is 2. The van der Waals surface area contributed by atoms with Crippen molar-refractivity contribution in [2.24, 2.45) is 0 Å². The van der Waals surface area contributed by atoms with Gasteiger partial charge in [-0.3, -0.25) is 4.79 Å². The molecule has 0 amide bonds. The van der Waals surface area contributed by atoms with Crippen LogP contribution in [0, 0.1) is 0 Å². The standard InChI is InChI=1S/C25H28F3NO4S/c26-25(27,28)13-1-2-18-3-5-19(6-4-18)20-7-11-22(12-8-20)34(32,33)24(23(30)31)14-16-29(17-15-24)21-9-10-21/h3-8,11-12,21H,1-2,9-10,13-17H2,(H,30,31). The summed E-state index contributed by atoms with van der Waals surface area (Å²) in [5, 5.41) is 9.93. The van der Waals surface area contributed by atoms with Crippen LogP contribution in [0.4, 0.5) is 13.2 Å². The van der Waals surface area contributed by atoms with Gasteiger partial charge in [-0.05, 0) is 67.3 Å². The second kappa shape index (κ2) is 9.34. The van der Waals surface area contributed by atoms with Gasteiger partial charge in [0.1, 0.15) is 0 Å². The van der Waals surface area contributed by atoms with E-state index in [-0.39, 0.29) is 24.2 Å². The summed E-state index contributed by atoms with van der Waals surface area (Å²) in [5.74, 6) is -1.30. The van der Waals surface area contributed by atoms with E-state index in [9.17, 15) is 31.5 Å². The maximum atomic E-state index is 13.4. The van der Waals surface area contributed by atoms with Gasteiger partial charge in [0.25, 0.3) is 0 Å². The van der Waals surface area contributed by atoms with Gasteiger partial charge in [0.15, 0.2) is 14.6 Å². The zero-order valence-corrected chi connectivity index (χ0v) is 19.5. The van der Waals surface area contributed by atoms with Gasteiger partial charge in [-0.15, -0.1) is 0 Å². The highest BCUT2D eigenvalue weighted by Gasteiger charge is 2.54. The van der Waals surface area contributed by atoms with Gasteiger partial charge >= 0.3 is 12.1 Å². The van der Waals surface area contributed by atoms with Gasteiger partial charge in [0.05, 0.1) is 4.90 Å². The van der Waals surface area contributed by atoms with E-state index in [0.29, 0.717) is 25.6 Å². The number of hydrogen-bond donors (Lipinski definition) is 1. The Labute approximate surface area is 197 Å². The zero-order chi connectivity index (χ0) is 24.6. The highest BCUT2D eigenvalue weighted by atomic mass is 32.2. The molecule has 34 heavy (non-hydrogen) atoms. The van der Waals surface area contributed by atoms with Crippen LogP contribution in [0.1, 0.15) is 44.1 Å². The third kappa shape index (κ3) is 5.15. The molecule has 0 bridgehead atoms. The van der Waals surface area contributed by atoms with E-state index < -0.39 is 33.2 Å². The summed E-state index contributed by atoms with van der Waals surface area (Å²) in [4.78, 5) is 14.4. The van der Waals surface area contributed by atoms with E-state index in [2.05, 4.69) is 4.90 Å². The van der Waals surface area contributed by atoms with Crippen molar-refractivity contribution in [3.63, 3.8) is 0 Å². The third-order valence-corrected chi connectivity index (χ3v) is 9.46. The molecule has 0 spiro atoms. The van der Waals surface area contributed by atoms with Crippen LogP contribution in [0.15, 0.2) is 53.4 Å². The number of alkyl halides is 3. The van der Waals surface area contributed by atoms with Crippen molar-refractivity contribution in [2.45, 2.75) is 66.8 Å². The summed E-state index contributed by atoms with van der Waals surface area (Å²) in [6, 6.07) is 13.7. The summed E-state index contributed by atoms with van der Waals surface area (Å²) >= 11 is 0. The minimum Gasteiger partial charge on any atom is -0.480 e. The molecule has 1 N–H and O–H groups in total. The number of halogens is 3. The molecule has 2 aromatic rings. The fourth-order valence-electron chi connectivity index (χ4n) is 4.70. The molecule has 1 saturated carbocycles. The van der Waals surface area contributed by atoms with Crippen LogP contribution in [0.5, 0.6) is 0 Å². The zero-order valence-electron chi connectivity index (χ0n) is 18.7. The lowest BCUT2D eigenvalue weighted by Gasteiger charge is -2.38. The maximum Gasteiger partial charge on any atom is 0.389 e. The Hall–Kier alpha value is -2.39. The molecule has 0 aromatic heterocycles. The fraction of sp³-hybridized carbons (Fsp3) is 0.480. The van der Waals surface area contributed by atoms with E-state index >= 15 is 0 Å². The molecule has 9 heteroatoms. The first-order valence-corrected chi connectivity index (χ1v) is 13.0. The Morgan fingerprint density at radius 3 is 1.97 bits per heavy atom. The van der Waals surface area contributed by atoms with Crippen LogP contribution >= 0.6 is 0 Å². The number of piperidine rings is 1. The molecule has 184 valence electrons. The minimum absolute atomic E-state index is 0.0118. The molecule has 2 aromatic carbocycles. The third-order valence-electron chi connectivity index (χ3n) is 6.95. The molecule has 1 heterocycles. The van der Waals surface area contributed by atoms with Gasteiger partial charge in [-0.25, -0.2) is 8.42 Å². The lowest BCUT2D eigenvalue weighted by atomic mass is 9.95. The lowest BCUT2D eigenvalue weighted by molar-refractivity contribution is -0.141. The maximum absolute atomic E-state index is 13.4. The first-order valence-electron chi connectivity index (χ1n) is 11.5. The van der Waals surface area contributed by atoms with Gasteiger partial charge < -0.3 is 10.0 Å². The Morgan fingerprint density at radius 2 is 1.50 bits per heavy atom. The number of aliphatic carboxylic acids is 1. The second-order valence-corrected chi connectivity index (χ2v) is 11.5. The van der Waals surface area contributed by atoms with E-state index in [1.807, 2.05) is 0 Å². The number of carboxylic acids is 1. The number of rotatable bonds is 8. The van der Waals surface area contributed by atoms with Crippen molar-refractivity contribution in [2.75, 3.05) is 13.1 Å². The monoisotopic (exact) mass is 495 g/mol. The average molecular weight is 496 g/mol. The van der Waals surface area contributed by atoms with Crippen LogP contribution in [0.3, 0.4) is 0 Å². The van der Waals surface area contributed by atoms with Crippen molar-refractivity contribution >= 4 is 15.8 Å². The van der Waals surface area contributed by atoms with Crippen LogP contribution in [0.25, 0.3) is 11.1 Å². The second-order valence-electron chi connectivity index (χ2n) is 9.26. The minimum atomic E-state index is -4.16. The van der Waals surface area contributed by atoms with E-state index in [4.69, 9.17) is 0 Å². The Morgan fingerprint density at radius 1 is 0.971 bits per heavy atom. The summed E-state index contributed by atoms with van der Waals surface area (Å²) in [6.07, 6.45) is -2.31. The molecular formula is C25H28F3NO4S. The summed E-state index contributed by atoms with van der Waals surface area (Å²) in [5.41, 5.74) is 2.34. The smallest absolute Gasteiger partial charge is 0.389 e. The Balaban J connectivity index is 1.47. The molecule has 4 rings (SSSR count). The number of carbonyl (C=O) groups is 1. The number of likely N-dealkylation sites (tertiary alicyclic amines) is 1. The lowest BCUT2D eigenvalue weighted by Crippen LogP contribution is -2.54. The Bertz CT molecular complexity index is 1120. The average Bonchev–Trinajstić information content (AvgIpc) is 3.64. The molecule has 5 nitrogen and oxygen atoms in total. The van der Waals surface area contributed by atoms with Crippen molar-refractivity contribution in [1.82, 2.24) is 4.90 Å². The largest absolute Gasteiger partial charge is 0.480 e. The summed E-state index contributed by atoms with van der Waals surface area (Å²) < 4.78 is 62.0. The molecular weight excluding hydrogens is 467 g/mol. The van der Waals surface area contributed by atoms with E-state index in [1.54, 1.807) is 36.4 Å². The molecule has 2 aliphatic rings. The van der Waals surface area contributed by atoms with Crippen LogP contribution in [-0.4, -0.2) is 54.4 Å². The highest BCUT2D eigenvalue weighted by molar-refractivity contribution is 7.93. The Kier molecular flexibility index (Phi) is 6.79. The van der Waals surface area contributed by atoms with Crippen molar-refractivity contribution < 1.29 is 31.5 Å². The van der Waals surface area contributed by atoms with Gasteiger partial charge in [-0.2, -0.15) is 13.2 Å². The predicted octanol–water partition coefficient (Wildman–Crippen LogP) is 5.09. The van der Waals surface area contributed by atoms with E-state index in [1.165, 1.54) is 12.1 Å². The van der Waals surface area contributed by atoms with Gasteiger partial charge in [0, 0.05) is 25.6 Å². The van der Waals surface area contributed by atoms with E-state index in [0.717, 1.165) is 29.5 Å². The molecule has 2 fully saturated rings. The quantitative estimate of drug-likeness (QED) is 0.552. The number of nitrogens with zero attached hydrogens (tertiary/aromatic N) is 1. The normalized spacial score (nSPS) is 19.1. The first-order chi connectivity index (χ1) is 16.0. The van der Waals surface area contributed by atoms with Crippen LogP contribution in [0.2, 0.25) is 0 Å². The molecule has 1 saturated heterocycles. The van der Waals surface area contributed by atoms with Gasteiger partial charge in [0.2, 0.25) is 0 Å². The highest BCUT2D eigenvalue weighted by Crippen LogP contribution is 2.39. The van der Waals surface area contributed by atoms with Crippen molar-refractivity contribution in [3.8, 4) is 11.1 Å².